The van der Waals surface area contributed by atoms with Crippen LogP contribution in [0, 0.1) is 0 Å². The summed E-state index contributed by atoms with van der Waals surface area (Å²) in [4.78, 5) is 22.8. The van der Waals surface area contributed by atoms with Gasteiger partial charge in [-0.15, -0.1) is 0 Å². The standard InChI is InChI=1S/C16H30O4S/c1-3-5-7-11-19-15(17)9-13-21-14-10-16(18)20-12-8-6-4-2/h3-14H2,1-2H3. The molecule has 0 aromatic rings. The molecule has 0 unspecified atom stereocenters. The van der Waals surface area contributed by atoms with Gasteiger partial charge in [-0.2, -0.15) is 11.8 Å². The molecular formula is C16H30O4S. The Kier molecular flexibility index (Phi) is 15.1. The highest BCUT2D eigenvalue weighted by atomic mass is 32.2. The van der Waals surface area contributed by atoms with Crippen LogP contribution in [0.25, 0.3) is 0 Å². The van der Waals surface area contributed by atoms with Crippen molar-refractivity contribution in [3.05, 3.63) is 0 Å². The Morgan fingerprint density at radius 1 is 0.762 bits per heavy atom. The molecule has 5 heteroatoms. The van der Waals surface area contributed by atoms with Gasteiger partial charge >= 0.3 is 11.9 Å². The van der Waals surface area contributed by atoms with Gasteiger partial charge in [0.25, 0.3) is 0 Å². The maximum atomic E-state index is 11.4. The third-order valence-electron chi connectivity index (χ3n) is 2.92. The average Bonchev–Trinajstić information content (AvgIpc) is 2.48. The van der Waals surface area contributed by atoms with Crippen LogP contribution in [0.1, 0.15) is 65.2 Å². The monoisotopic (exact) mass is 318 g/mol. The highest BCUT2D eigenvalue weighted by molar-refractivity contribution is 7.99. The number of esters is 2. The molecule has 0 amide bonds. The first-order valence-electron chi connectivity index (χ1n) is 8.09. The molecule has 0 aliphatic carbocycles. The summed E-state index contributed by atoms with van der Waals surface area (Å²) in [6.07, 6.45) is 7.18. The Labute approximate surface area is 133 Å². The Hall–Kier alpha value is -0.710. The number of hydrogen-bond acceptors (Lipinski definition) is 5. The van der Waals surface area contributed by atoms with Crippen LogP contribution in [0.3, 0.4) is 0 Å². The van der Waals surface area contributed by atoms with E-state index >= 15 is 0 Å². The predicted molar refractivity (Wildman–Crippen MR) is 87.5 cm³/mol. The van der Waals surface area contributed by atoms with Crippen molar-refractivity contribution in [1.29, 1.82) is 0 Å². The first-order chi connectivity index (χ1) is 10.2. The van der Waals surface area contributed by atoms with Crippen molar-refractivity contribution < 1.29 is 19.1 Å². The molecule has 0 saturated heterocycles. The van der Waals surface area contributed by atoms with Gasteiger partial charge in [0.15, 0.2) is 0 Å². The van der Waals surface area contributed by atoms with Crippen molar-refractivity contribution in [2.24, 2.45) is 0 Å². The lowest BCUT2D eigenvalue weighted by molar-refractivity contribution is -0.144. The SMILES string of the molecule is CCCCCOC(=O)CCSCCC(=O)OCCCCC. The molecule has 0 aromatic carbocycles. The number of unbranched alkanes of at least 4 members (excludes halogenated alkanes) is 4. The third kappa shape index (κ3) is 15.5. The van der Waals surface area contributed by atoms with Gasteiger partial charge in [-0.3, -0.25) is 9.59 Å². The molecule has 0 radical (unpaired) electrons. The maximum absolute atomic E-state index is 11.4. The Morgan fingerprint density at radius 2 is 1.19 bits per heavy atom. The van der Waals surface area contributed by atoms with Crippen LogP contribution in [-0.2, 0) is 19.1 Å². The van der Waals surface area contributed by atoms with Gasteiger partial charge < -0.3 is 9.47 Å². The Balaban J connectivity index is 3.30. The van der Waals surface area contributed by atoms with Gasteiger partial charge in [0.2, 0.25) is 0 Å². The van der Waals surface area contributed by atoms with E-state index in [0.717, 1.165) is 38.5 Å². The van der Waals surface area contributed by atoms with E-state index in [4.69, 9.17) is 9.47 Å². The van der Waals surface area contributed by atoms with E-state index in [2.05, 4.69) is 13.8 Å². The van der Waals surface area contributed by atoms with E-state index in [1.165, 1.54) is 0 Å². The van der Waals surface area contributed by atoms with Crippen LogP contribution < -0.4 is 0 Å². The van der Waals surface area contributed by atoms with Gasteiger partial charge in [-0.05, 0) is 12.8 Å². The second-order valence-electron chi connectivity index (χ2n) is 4.97. The average molecular weight is 318 g/mol. The third-order valence-corrected chi connectivity index (χ3v) is 3.91. The second-order valence-corrected chi connectivity index (χ2v) is 6.19. The summed E-state index contributed by atoms with van der Waals surface area (Å²) in [6.45, 7) is 5.30. The van der Waals surface area contributed by atoms with Gasteiger partial charge in [-0.25, -0.2) is 0 Å². The molecule has 0 saturated carbocycles. The molecule has 0 rings (SSSR count). The van der Waals surface area contributed by atoms with Crippen molar-refractivity contribution in [3.8, 4) is 0 Å². The normalized spacial score (nSPS) is 10.4. The number of rotatable bonds is 14. The van der Waals surface area contributed by atoms with Crippen molar-refractivity contribution >= 4 is 23.7 Å². The zero-order valence-electron chi connectivity index (χ0n) is 13.5. The summed E-state index contributed by atoms with van der Waals surface area (Å²) in [6, 6.07) is 0. The van der Waals surface area contributed by atoms with Crippen LogP contribution in [0.4, 0.5) is 0 Å². The summed E-state index contributed by atoms with van der Waals surface area (Å²) in [5, 5.41) is 0. The van der Waals surface area contributed by atoms with E-state index in [1.807, 2.05) is 0 Å². The number of thioether (sulfide) groups is 1. The Bertz CT molecular complexity index is 243. The summed E-state index contributed by atoms with van der Waals surface area (Å²) in [7, 11) is 0. The number of carbonyl (C=O) groups is 2. The molecule has 124 valence electrons. The lowest BCUT2D eigenvalue weighted by Crippen LogP contribution is -2.08. The van der Waals surface area contributed by atoms with Gasteiger partial charge in [0.05, 0.1) is 26.1 Å². The number of ether oxygens (including phenoxy) is 2. The minimum Gasteiger partial charge on any atom is -0.466 e. The van der Waals surface area contributed by atoms with E-state index in [1.54, 1.807) is 11.8 Å². The lowest BCUT2D eigenvalue weighted by atomic mass is 10.3. The van der Waals surface area contributed by atoms with Crippen LogP contribution in [-0.4, -0.2) is 36.7 Å². The van der Waals surface area contributed by atoms with Crippen molar-refractivity contribution in [1.82, 2.24) is 0 Å². The van der Waals surface area contributed by atoms with Crippen molar-refractivity contribution in [3.63, 3.8) is 0 Å². The second kappa shape index (κ2) is 15.7. The van der Waals surface area contributed by atoms with Crippen molar-refractivity contribution in [2.45, 2.75) is 65.2 Å². The molecular weight excluding hydrogens is 288 g/mol. The van der Waals surface area contributed by atoms with E-state index in [-0.39, 0.29) is 11.9 Å². The Morgan fingerprint density at radius 3 is 1.57 bits per heavy atom. The van der Waals surface area contributed by atoms with E-state index in [0.29, 0.717) is 37.6 Å². The van der Waals surface area contributed by atoms with E-state index < -0.39 is 0 Å². The number of carbonyl (C=O) groups excluding carboxylic acids is 2. The summed E-state index contributed by atoms with van der Waals surface area (Å²) >= 11 is 1.60. The van der Waals surface area contributed by atoms with E-state index in [9.17, 15) is 9.59 Å². The highest BCUT2D eigenvalue weighted by Crippen LogP contribution is 2.07. The molecule has 0 bridgehead atoms. The minimum absolute atomic E-state index is 0.138. The summed E-state index contributed by atoms with van der Waals surface area (Å²) in [5.41, 5.74) is 0. The molecule has 0 aromatic heterocycles. The quantitative estimate of drug-likeness (QED) is 0.358. The molecule has 0 atom stereocenters. The maximum Gasteiger partial charge on any atom is 0.306 e. The molecule has 0 aliphatic heterocycles. The van der Waals surface area contributed by atoms with Crippen LogP contribution in [0.15, 0.2) is 0 Å². The topological polar surface area (TPSA) is 52.6 Å². The van der Waals surface area contributed by atoms with Crippen molar-refractivity contribution in [2.75, 3.05) is 24.7 Å². The van der Waals surface area contributed by atoms with Gasteiger partial charge in [-0.1, -0.05) is 39.5 Å². The predicted octanol–water partition coefficient (Wildman–Crippen LogP) is 3.97. The zero-order chi connectivity index (χ0) is 15.8. The fourth-order valence-corrected chi connectivity index (χ4v) is 2.46. The zero-order valence-corrected chi connectivity index (χ0v) is 14.3. The molecule has 0 aliphatic rings. The molecule has 4 nitrogen and oxygen atoms in total. The largest absolute Gasteiger partial charge is 0.466 e. The molecule has 21 heavy (non-hydrogen) atoms. The highest BCUT2D eigenvalue weighted by Gasteiger charge is 2.05. The van der Waals surface area contributed by atoms with Crippen LogP contribution in [0.5, 0.6) is 0 Å². The van der Waals surface area contributed by atoms with Gasteiger partial charge in [0.1, 0.15) is 0 Å². The first kappa shape index (κ1) is 20.3. The van der Waals surface area contributed by atoms with Gasteiger partial charge in [0, 0.05) is 11.5 Å². The number of hydrogen-bond donors (Lipinski definition) is 0. The molecule has 0 N–H and O–H groups in total. The lowest BCUT2D eigenvalue weighted by Gasteiger charge is -2.05. The molecule has 0 spiro atoms. The summed E-state index contributed by atoms with van der Waals surface area (Å²) in [5.74, 6) is 1.13. The smallest absolute Gasteiger partial charge is 0.306 e. The fourth-order valence-electron chi connectivity index (χ4n) is 1.63. The van der Waals surface area contributed by atoms with Crippen LogP contribution in [0.2, 0.25) is 0 Å². The summed E-state index contributed by atoms with van der Waals surface area (Å²) < 4.78 is 10.2. The molecule has 0 fully saturated rings. The first-order valence-corrected chi connectivity index (χ1v) is 9.25. The molecule has 0 heterocycles. The fraction of sp³-hybridized carbons (Fsp3) is 0.875. The minimum atomic E-state index is -0.138. The van der Waals surface area contributed by atoms with Crippen LogP contribution >= 0.6 is 11.8 Å².